The summed E-state index contributed by atoms with van der Waals surface area (Å²) in [6.07, 6.45) is 3.16. The largest absolute Gasteiger partial charge is 0.380 e. The molecule has 196 valence electrons. The molecule has 0 aromatic heterocycles. The molecular formula is C25H45F2N5O2. The molecule has 9 heteroatoms. The SMILES string of the molecule is CCCOCCNC(=O)C1CCC(NC2NCCN3C(C4CCC(F)CC4F)CNC23)CC1C. The van der Waals surface area contributed by atoms with Crippen LogP contribution in [0.2, 0.25) is 0 Å². The molecule has 9 atom stereocenters. The minimum Gasteiger partial charge on any atom is -0.380 e. The maximum atomic E-state index is 14.7. The molecule has 0 radical (unpaired) electrons. The van der Waals surface area contributed by atoms with E-state index in [0.717, 1.165) is 51.9 Å². The van der Waals surface area contributed by atoms with Gasteiger partial charge < -0.3 is 10.1 Å². The molecule has 2 aliphatic heterocycles. The Labute approximate surface area is 203 Å². The van der Waals surface area contributed by atoms with Crippen LogP contribution in [0, 0.1) is 17.8 Å². The first-order valence-corrected chi connectivity index (χ1v) is 13.6. The molecule has 2 saturated heterocycles. The number of rotatable bonds is 9. The van der Waals surface area contributed by atoms with E-state index in [4.69, 9.17) is 4.74 Å². The summed E-state index contributed by atoms with van der Waals surface area (Å²) >= 11 is 0. The molecule has 7 nitrogen and oxygen atoms in total. The van der Waals surface area contributed by atoms with Crippen molar-refractivity contribution in [2.75, 3.05) is 39.4 Å². The van der Waals surface area contributed by atoms with Gasteiger partial charge in [-0.3, -0.25) is 25.6 Å². The molecule has 0 spiro atoms. The van der Waals surface area contributed by atoms with Gasteiger partial charge >= 0.3 is 0 Å². The van der Waals surface area contributed by atoms with Gasteiger partial charge in [0.05, 0.1) is 18.9 Å². The van der Waals surface area contributed by atoms with Crippen molar-refractivity contribution in [1.82, 2.24) is 26.2 Å². The molecular weight excluding hydrogens is 440 g/mol. The number of hydrogen-bond donors (Lipinski definition) is 4. The summed E-state index contributed by atoms with van der Waals surface area (Å²) in [5.41, 5.74) is 0. The van der Waals surface area contributed by atoms with E-state index < -0.39 is 12.3 Å². The molecule has 34 heavy (non-hydrogen) atoms. The van der Waals surface area contributed by atoms with Gasteiger partial charge in [-0.05, 0) is 44.4 Å². The predicted molar refractivity (Wildman–Crippen MR) is 129 cm³/mol. The molecule has 0 aromatic rings. The maximum Gasteiger partial charge on any atom is 0.223 e. The Hall–Kier alpha value is -0.870. The zero-order valence-electron chi connectivity index (χ0n) is 20.9. The Morgan fingerprint density at radius 2 is 1.97 bits per heavy atom. The van der Waals surface area contributed by atoms with Crippen LogP contribution in [0.1, 0.15) is 58.8 Å². The lowest BCUT2D eigenvalue weighted by Crippen LogP contribution is -2.67. The van der Waals surface area contributed by atoms with Crippen molar-refractivity contribution in [3.8, 4) is 0 Å². The summed E-state index contributed by atoms with van der Waals surface area (Å²) in [5.74, 6) is 0.442. The van der Waals surface area contributed by atoms with Crippen LogP contribution in [0.5, 0.6) is 0 Å². The molecule has 1 amide bonds. The predicted octanol–water partition coefficient (Wildman–Crippen LogP) is 1.93. The first-order chi connectivity index (χ1) is 16.5. The quantitative estimate of drug-likeness (QED) is 0.374. The number of halogens is 2. The zero-order chi connectivity index (χ0) is 24.1. The maximum absolute atomic E-state index is 14.7. The minimum atomic E-state index is -1.05. The number of fused-ring (bicyclic) bond motifs is 1. The van der Waals surface area contributed by atoms with Crippen molar-refractivity contribution in [1.29, 1.82) is 0 Å². The summed E-state index contributed by atoms with van der Waals surface area (Å²) in [4.78, 5) is 15.1. The average molecular weight is 486 g/mol. The molecule has 4 rings (SSSR count). The van der Waals surface area contributed by atoms with Gasteiger partial charge in [0.15, 0.2) is 0 Å². The fraction of sp³-hybridized carbons (Fsp3) is 0.960. The van der Waals surface area contributed by atoms with Crippen molar-refractivity contribution in [3.63, 3.8) is 0 Å². The second kappa shape index (κ2) is 12.4. The van der Waals surface area contributed by atoms with Crippen LogP contribution >= 0.6 is 0 Å². The Bertz CT molecular complexity index is 659. The molecule has 2 saturated carbocycles. The molecule has 4 aliphatic rings. The summed E-state index contributed by atoms with van der Waals surface area (Å²) in [7, 11) is 0. The Balaban J connectivity index is 1.24. The van der Waals surface area contributed by atoms with Crippen LogP contribution in [-0.4, -0.2) is 87.0 Å². The second-order valence-corrected chi connectivity index (χ2v) is 10.8. The van der Waals surface area contributed by atoms with Crippen LogP contribution < -0.4 is 21.3 Å². The third-order valence-corrected chi connectivity index (χ3v) is 8.44. The van der Waals surface area contributed by atoms with Crippen LogP contribution in [0.4, 0.5) is 8.78 Å². The molecule has 2 heterocycles. The summed E-state index contributed by atoms with van der Waals surface area (Å²) in [5, 5.41) is 14.1. The van der Waals surface area contributed by atoms with E-state index in [-0.39, 0.29) is 42.5 Å². The van der Waals surface area contributed by atoms with Crippen LogP contribution in [0.3, 0.4) is 0 Å². The van der Waals surface area contributed by atoms with Crippen molar-refractivity contribution in [3.05, 3.63) is 0 Å². The summed E-state index contributed by atoms with van der Waals surface area (Å²) in [6, 6.07) is 0.486. The second-order valence-electron chi connectivity index (χ2n) is 10.8. The Morgan fingerprint density at radius 1 is 1.12 bits per heavy atom. The van der Waals surface area contributed by atoms with Gasteiger partial charge in [0, 0.05) is 63.1 Å². The number of amides is 1. The normalized spacial score (nSPS) is 41.2. The molecule has 4 N–H and O–H groups in total. The molecule has 0 bridgehead atoms. The highest BCUT2D eigenvalue weighted by Gasteiger charge is 2.47. The van der Waals surface area contributed by atoms with E-state index in [1.54, 1.807) is 0 Å². The van der Waals surface area contributed by atoms with Gasteiger partial charge in [-0.2, -0.15) is 0 Å². The molecule has 4 fully saturated rings. The molecule has 2 aliphatic carbocycles. The van der Waals surface area contributed by atoms with Gasteiger partial charge in [-0.25, -0.2) is 8.78 Å². The van der Waals surface area contributed by atoms with Crippen LogP contribution in [0.15, 0.2) is 0 Å². The van der Waals surface area contributed by atoms with Crippen molar-refractivity contribution < 1.29 is 18.3 Å². The summed E-state index contributed by atoms with van der Waals surface area (Å²) in [6.45, 7) is 8.64. The van der Waals surface area contributed by atoms with Gasteiger partial charge in [0.2, 0.25) is 5.91 Å². The number of piperazine rings is 1. The summed E-state index contributed by atoms with van der Waals surface area (Å²) < 4.78 is 33.8. The van der Waals surface area contributed by atoms with E-state index in [9.17, 15) is 13.6 Å². The number of alkyl halides is 2. The molecule has 9 unspecified atom stereocenters. The highest BCUT2D eigenvalue weighted by Crippen LogP contribution is 2.36. The van der Waals surface area contributed by atoms with E-state index in [1.165, 1.54) is 0 Å². The average Bonchev–Trinajstić information content (AvgIpc) is 3.24. The number of carbonyl (C=O) groups is 1. The number of nitrogens with zero attached hydrogens (tertiary/aromatic N) is 1. The van der Waals surface area contributed by atoms with Gasteiger partial charge in [0.25, 0.3) is 0 Å². The first kappa shape index (κ1) is 26.2. The van der Waals surface area contributed by atoms with Crippen LogP contribution in [-0.2, 0) is 9.53 Å². The lowest BCUT2D eigenvalue weighted by atomic mass is 9.77. The standard InChI is InChI=1S/C25H45F2N5O2/c1-3-11-34-12-9-29-25(33)19-7-5-18(13-16(19)2)31-23-24-30-15-22(32(24)10-8-28-23)20-6-4-17(26)14-21(20)27/h16-24,28,30-31H,3-15H2,1-2H3,(H,29,33). The zero-order valence-corrected chi connectivity index (χ0v) is 20.9. The molecule has 0 aromatic carbocycles. The van der Waals surface area contributed by atoms with E-state index in [0.29, 0.717) is 38.0 Å². The van der Waals surface area contributed by atoms with E-state index in [1.807, 2.05) is 0 Å². The topological polar surface area (TPSA) is 77.7 Å². The highest BCUT2D eigenvalue weighted by molar-refractivity contribution is 5.79. The van der Waals surface area contributed by atoms with Crippen molar-refractivity contribution in [2.45, 2.75) is 95.6 Å². The van der Waals surface area contributed by atoms with Crippen molar-refractivity contribution >= 4 is 5.91 Å². The van der Waals surface area contributed by atoms with Gasteiger partial charge in [-0.15, -0.1) is 0 Å². The monoisotopic (exact) mass is 485 g/mol. The van der Waals surface area contributed by atoms with Crippen LogP contribution in [0.25, 0.3) is 0 Å². The lowest BCUT2D eigenvalue weighted by Gasteiger charge is -2.45. The van der Waals surface area contributed by atoms with E-state index in [2.05, 4.69) is 40.0 Å². The van der Waals surface area contributed by atoms with E-state index >= 15 is 0 Å². The number of hydrogen-bond acceptors (Lipinski definition) is 6. The minimum absolute atomic E-state index is 0.0556. The third kappa shape index (κ3) is 6.27. The Kier molecular flexibility index (Phi) is 9.55. The smallest absolute Gasteiger partial charge is 0.223 e. The number of ether oxygens (including phenoxy) is 1. The fourth-order valence-corrected chi connectivity index (χ4v) is 6.64. The fourth-order valence-electron chi connectivity index (χ4n) is 6.64. The Morgan fingerprint density at radius 3 is 2.74 bits per heavy atom. The number of carbonyl (C=O) groups excluding carboxylic acids is 1. The highest BCUT2D eigenvalue weighted by atomic mass is 19.1. The lowest BCUT2D eigenvalue weighted by molar-refractivity contribution is -0.128. The van der Waals surface area contributed by atoms with Gasteiger partial charge in [-0.1, -0.05) is 13.8 Å². The van der Waals surface area contributed by atoms with Gasteiger partial charge in [0.1, 0.15) is 12.3 Å². The van der Waals surface area contributed by atoms with Crippen molar-refractivity contribution in [2.24, 2.45) is 17.8 Å². The first-order valence-electron chi connectivity index (χ1n) is 13.6. The third-order valence-electron chi connectivity index (χ3n) is 8.44. The number of nitrogens with one attached hydrogen (secondary N) is 4.